The van der Waals surface area contributed by atoms with Crippen molar-refractivity contribution in [3.8, 4) is 0 Å². The highest BCUT2D eigenvalue weighted by atomic mass is 16.3. The zero-order valence-electron chi connectivity index (χ0n) is 14.3. The lowest BCUT2D eigenvalue weighted by molar-refractivity contribution is -0.150. The molecule has 0 aromatic heterocycles. The number of carbonyl (C=O) groups is 1. The fourth-order valence-electron chi connectivity index (χ4n) is 4.76. The molecule has 1 amide bonds. The van der Waals surface area contributed by atoms with Crippen LogP contribution in [0.4, 0.5) is 0 Å². The number of rotatable bonds is 4. The van der Waals surface area contributed by atoms with Gasteiger partial charge in [-0.1, -0.05) is 36.8 Å². The van der Waals surface area contributed by atoms with Crippen LogP contribution in [0.2, 0.25) is 0 Å². The lowest BCUT2D eigenvalue weighted by atomic mass is 9.76. The predicted molar refractivity (Wildman–Crippen MR) is 93.3 cm³/mol. The zero-order chi connectivity index (χ0) is 16.6. The van der Waals surface area contributed by atoms with Gasteiger partial charge >= 0.3 is 0 Å². The summed E-state index contributed by atoms with van der Waals surface area (Å²) in [6, 6.07) is 10.9. The maximum absolute atomic E-state index is 12.4. The van der Waals surface area contributed by atoms with Crippen molar-refractivity contribution in [3.63, 3.8) is 0 Å². The van der Waals surface area contributed by atoms with E-state index in [9.17, 15) is 9.90 Å². The number of aliphatic hydroxyl groups is 1. The highest BCUT2D eigenvalue weighted by Gasteiger charge is 2.46. The third-order valence-corrected chi connectivity index (χ3v) is 6.34. The minimum atomic E-state index is -1.07. The van der Waals surface area contributed by atoms with Gasteiger partial charge in [-0.25, -0.2) is 0 Å². The number of nitrogens with one attached hydrogen (secondary N) is 1. The molecule has 1 saturated heterocycles. The smallest absolute Gasteiger partial charge is 0.252 e. The van der Waals surface area contributed by atoms with Crippen LogP contribution in [-0.2, 0) is 11.3 Å². The number of hydrogen-bond donors (Lipinski definition) is 2. The molecule has 0 unspecified atom stereocenters. The second-order valence-corrected chi connectivity index (χ2v) is 8.00. The van der Waals surface area contributed by atoms with Gasteiger partial charge in [0.1, 0.15) is 5.60 Å². The quantitative estimate of drug-likeness (QED) is 0.892. The molecule has 2 saturated carbocycles. The fraction of sp³-hybridized carbons (Fsp3) is 0.650. The Bertz CT molecular complexity index is 585. The van der Waals surface area contributed by atoms with Gasteiger partial charge in [0.05, 0.1) is 0 Å². The van der Waals surface area contributed by atoms with Crippen molar-refractivity contribution >= 4 is 5.91 Å². The average Bonchev–Trinajstić information content (AvgIpc) is 2.97. The third-order valence-electron chi connectivity index (χ3n) is 6.34. The van der Waals surface area contributed by atoms with Crippen LogP contribution in [0.3, 0.4) is 0 Å². The number of amides is 1. The van der Waals surface area contributed by atoms with Gasteiger partial charge in [-0.15, -0.1) is 0 Å². The Morgan fingerprint density at radius 1 is 1.17 bits per heavy atom. The number of fused-ring (bicyclic) bond motifs is 1. The van der Waals surface area contributed by atoms with Crippen molar-refractivity contribution in [1.82, 2.24) is 10.2 Å². The number of benzene rings is 1. The Morgan fingerprint density at radius 3 is 2.67 bits per heavy atom. The summed E-state index contributed by atoms with van der Waals surface area (Å²) in [6.45, 7) is 3.19. The second-order valence-electron chi connectivity index (χ2n) is 8.00. The molecule has 2 aliphatic carbocycles. The number of nitrogens with zero attached hydrogens (tertiary/aromatic N) is 1. The summed E-state index contributed by atoms with van der Waals surface area (Å²) >= 11 is 0. The molecule has 0 bridgehead atoms. The first-order chi connectivity index (χ1) is 11.6. The van der Waals surface area contributed by atoms with Gasteiger partial charge in [0.15, 0.2) is 0 Å². The van der Waals surface area contributed by atoms with Gasteiger partial charge in [-0.3, -0.25) is 9.69 Å². The summed E-state index contributed by atoms with van der Waals surface area (Å²) < 4.78 is 0. The van der Waals surface area contributed by atoms with Crippen LogP contribution >= 0.6 is 0 Å². The Labute approximate surface area is 144 Å². The van der Waals surface area contributed by atoms with Gasteiger partial charge < -0.3 is 10.4 Å². The summed E-state index contributed by atoms with van der Waals surface area (Å²) in [7, 11) is 0. The van der Waals surface area contributed by atoms with E-state index < -0.39 is 5.60 Å². The molecule has 3 aliphatic rings. The molecule has 4 heteroatoms. The molecule has 1 heterocycles. The molecule has 130 valence electrons. The SMILES string of the molecule is O=C(N[C@@H]1CCC[C@@H]2CN(Cc3ccccc3)C[C@H]21)C1(O)CCC1. The molecule has 4 nitrogen and oxygen atoms in total. The monoisotopic (exact) mass is 328 g/mol. The van der Waals surface area contributed by atoms with E-state index in [1.54, 1.807) is 0 Å². The maximum Gasteiger partial charge on any atom is 0.252 e. The Morgan fingerprint density at radius 2 is 1.96 bits per heavy atom. The number of likely N-dealkylation sites (tertiary alicyclic amines) is 1. The van der Waals surface area contributed by atoms with E-state index in [2.05, 4.69) is 40.5 Å². The normalized spacial score (nSPS) is 32.0. The molecule has 24 heavy (non-hydrogen) atoms. The standard InChI is InChI=1S/C20H28N2O2/c23-19(20(24)10-5-11-20)21-18-9-4-8-16-13-22(14-17(16)18)12-15-6-2-1-3-7-15/h1-3,6-7,16-18,24H,4-5,8-14H2,(H,21,23)/t16-,17-,18-/m1/s1. The predicted octanol–water partition coefficient (Wildman–Crippen LogP) is 2.32. The summed E-state index contributed by atoms with van der Waals surface area (Å²) in [5, 5.41) is 13.5. The molecule has 1 aromatic carbocycles. The molecule has 0 spiro atoms. The third kappa shape index (κ3) is 3.09. The molecule has 2 N–H and O–H groups in total. The number of hydrogen-bond acceptors (Lipinski definition) is 3. The first-order valence-corrected chi connectivity index (χ1v) is 9.44. The molecule has 1 aliphatic heterocycles. The summed E-state index contributed by atoms with van der Waals surface area (Å²) in [5.74, 6) is 1.10. The van der Waals surface area contributed by atoms with Crippen LogP contribution in [-0.4, -0.2) is 40.6 Å². The van der Waals surface area contributed by atoms with Crippen LogP contribution in [0.15, 0.2) is 30.3 Å². The van der Waals surface area contributed by atoms with E-state index in [1.807, 2.05) is 0 Å². The van der Waals surface area contributed by atoms with Crippen molar-refractivity contribution in [1.29, 1.82) is 0 Å². The van der Waals surface area contributed by atoms with Gasteiger partial charge in [-0.05, 0) is 49.5 Å². The van der Waals surface area contributed by atoms with Gasteiger partial charge in [-0.2, -0.15) is 0 Å². The first kappa shape index (κ1) is 16.1. The first-order valence-electron chi connectivity index (χ1n) is 9.44. The molecule has 1 aromatic rings. The van der Waals surface area contributed by atoms with Crippen molar-refractivity contribution in [2.45, 2.75) is 56.7 Å². The largest absolute Gasteiger partial charge is 0.380 e. The van der Waals surface area contributed by atoms with Crippen molar-refractivity contribution in [2.24, 2.45) is 11.8 Å². The lowest BCUT2D eigenvalue weighted by Crippen LogP contribution is -2.56. The van der Waals surface area contributed by atoms with Crippen LogP contribution < -0.4 is 5.32 Å². The summed E-state index contributed by atoms with van der Waals surface area (Å²) in [5.41, 5.74) is 0.287. The number of carbonyl (C=O) groups excluding carboxylic acids is 1. The van der Waals surface area contributed by atoms with Crippen molar-refractivity contribution < 1.29 is 9.90 Å². The molecular formula is C20H28N2O2. The molecule has 4 rings (SSSR count). The maximum atomic E-state index is 12.4. The Hall–Kier alpha value is -1.39. The fourth-order valence-corrected chi connectivity index (χ4v) is 4.76. The van der Waals surface area contributed by atoms with Gasteiger partial charge in [0, 0.05) is 25.7 Å². The van der Waals surface area contributed by atoms with Crippen molar-refractivity contribution in [3.05, 3.63) is 35.9 Å². The molecule has 0 radical (unpaired) electrons. The minimum Gasteiger partial charge on any atom is -0.380 e. The Balaban J connectivity index is 1.38. The van der Waals surface area contributed by atoms with Crippen LogP contribution in [0.5, 0.6) is 0 Å². The van der Waals surface area contributed by atoms with E-state index >= 15 is 0 Å². The average molecular weight is 328 g/mol. The van der Waals surface area contributed by atoms with Crippen LogP contribution in [0.25, 0.3) is 0 Å². The zero-order valence-corrected chi connectivity index (χ0v) is 14.3. The van der Waals surface area contributed by atoms with Crippen LogP contribution in [0, 0.1) is 11.8 Å². The van der Waals surface area contributed by atoms with Gasteiger partial charge in [0.25, 0.3) is 5.91 Å². The molecular weight excluding hydrogens is 300 g/mol. The van der Waals surface area contributed by atoms with Crippen LogP contribution in [0.1, 0.15) is 44.1 Å². The molecule has 3 atom stereocenters. The van der Waals surface area contributed by atoms with Gasteiger partial charge in [0.2, 0.25) is 0 Å². The molecule has 3 fully saturated rings. The minimum absolute atomic E-state index is 0.124. The lowest BCUT2D eigenvalue weighted by Gasteiger charge is -2.39. The van der Waals surface area contributed by atoms with E-state index in [0.29, 0.717) is 24.7 Å². The summed E-state index contributed by atoms with van der Waals surface area (Å²) in [6.07, 6.45) is 5.73. The highest BCUT2D eigenvalue weighted by Crippen LogP contribution is 2.38. The highest BCUT2D eigenvalue weighted by molar-refractivity contribution is 5.86. The van der Waals surface area contributed by atoms with E-state index in [-0.39, 0.29) is 11.9 Å². The Kier molecular flexibility index (Phi) is 4.35. The topological polar surface area (TPSA) is 52.6 Å². The van der Waals surface area contributed by atoms with E-state index in [4.69, 9.17) is 0 Å². The van der Waals surface area contributed by atoms with E-state index in [1.165, 1.54) is 18.4 Å². The van der Waals surface area contributed by atoms with E-state index in [0.717, 1.165) is 32.5 Å². The van der Waals surface area contributed by atoms with Crippen molar-refractivity contribution in [2.75, 3.05) is 13.1 Å². The summed E-state index contributed by atoms with van der Waals surface area (Å²) in [4.78, 5) is 14.9. The second kappa shape index (κ2) is 6.49.